The molecule has 2 amide bonds. The quantitative estimate of drug-likeness (QED) is 0.833. The molecule has 0 aromatic heterocycles. The Balaban J connectivity index is 1.96. The Hall–Kier alpha value is -1.60. The monoisotopic (exact) mass is 340 g/mol. The normalized spacial score (nSPS) is 19.3. The van der Waals surface area contributed by atoms with Gasteiger partial charge in [0, 0.05) is 18.3 Å². The number of sulfone groups is 1. The summed E-state index contributed by atoms with van der Waals surface area (Å²) in [5.41, 5.74) is 0.564. The molecule has 0 spiro atoms. The van der Waals surface area contributed by atoms with Crippen LogP contribution in [0.2, 0.25) is 0 Å². The number of hydrogen-bond donors (Lipinski definition) is 2. The molecule has 23 heavy (non-hydrogen) atoms. The highest BCUT2D eigenvalue weighted by molar-refractivity contribution is 7.91. The van der Waals surface area contributed by atoms with Crippen LogP contribution >= 0.6 is 0 Å². The van der Waals surface area contributed by atoms with Gasteiger partial charge in [-0.15, -0.1) is 0 Å². The van der Waals surface area contributed by atoms with Gasteiger partial charge in [0.15, 0.2) is 9.84 Å². The van der Waals surface area contributed by atoms with Gasteiger partial charge in [-0.2, -0.15) is 0 Å². The van der Waals surface area contributed by atoms with Crippen molar-refractivity contribution >= 4 is 21.6 Å². The van der Waals surface area contributed by atoms with Crippen molar-refractivity contribution < 1.29 is 17.9 Å². The Bertz CT molecular complexity index is 622. The van der Waals surface area contributed by atoms with Crippen molar-refractivity contribution in [2.45, 2.75) is 37.6 Å². The van der Waals surface area contributed by atoms with Crippen molar-refractivity contribution in [3.8, 4) is 0 Å². The van der Waals surface area contributed by atoms with E-state index in [0.29, 0.717) is 18.9 Å². The minimum Gasteiger partial charge on any atom is -0.381 e. The molecule has 2 rings (SSSR count). The molecule has 128 valence electrons. The Morgan fingerprint density at radius 3 is 2.61 bits per heavy atom. The molecular formula is C16H24N2O4S. The van der Waals surface area contributed by atoms with Gasteiger partial charge in [0.25, 0.3) is 0 Å². The molecule has 0 saturated carbocycles. The summed E-state index contributed by atoms with van der Waals surface area (Å²) in [6, 6.07) is 6.07. The van der Waals surface area contributed by atoms with Crippen LogP contribution in [0.25, 0.3) is 0 Å². The van der Waals surface area contributed by atoms with Crippen LogP contribution in [0.3, 0.4) is 0 Å². The smallest absolute Gasteiger partial charge is 0.319 e. The average molecular weight is 340 g/mol. The van der Waals surface area contributed by atoms with Crippen molar-refractivity contribution in [3.05, 3.63) is 24.3 Å². The number of anilines is 1. The van der Waals surface area contributed by atoms with Crippen molar-refractivity contribution in [3.63, 3.8) is 0 Å². The minimum absolute atomic E-state index is 0.0686. The molecule has 1 fully saturated rings. The summed E-state index contributed by atoms with van der Waals surface area (Å²) in [5.74, 6) is 0.174. The van der Waals surface area contributed by atoms with Crippen LogP contribution in [-0.4, -0.2) is 39.5 Å². The Morgan fingerprint density at radius 2 is 2.04 bits per heavy atom. The van der Waals surface area contributed by atoms with E-state index in [1.807, 2.05) is 13.8 Å². The number of rotatable bonds is 6. The van der Waals surface area contributed by atoms with Crippen LogP contribution < -0.4 is 10.6 Å². The van der Waals surface area contributed by atoms with Crippen molar-refractivity contribution in [1.82, 2.24) is 5.32 Å². The first-order chi connectivity index (χ1) is 10.9. The van der Waals surface area contributed by atoms with Crippen molar-refractivity contribution in [1.29, 1.82) is 0 Å². The van der Waals surface area contributed by atoms with Gasteiger partial charge in [-0.3, -0.25) is 0 Å². The highest BCUT2D eigenvalue weighted by Gasteiger charge is 2.24. The fourth-order valence-corrected chi connectivity index (χ4v) is 3.99. The number of carbonyl (C=O) groups excluding carboxylic acids is 1. The lowest BCUT2D eigenvalue weighted by Crippen LogP contribution is -2.35. The lowest BCUT2D eigenvalue weighted by molar-refractivity contribution is 0.188. The molecule has 1 aromatic rings. The molecule has 1 saturated heterocycles. The van der Waals surface area contributed by atoms with Crippen LogP contribution in [0.15, 0.2) is 29.2 Å². The molecule has 0 radical (unpaired) electrons. The third kappa shape index (κ3) is 5.21. The zero-order valence-electron chi connectivity index (χ0n) is 13.5. The Kier molecular flexibility index (Phi) is 6.01. The van der Waals surface area contributed by atoms with Crippen molar-refractivity contribution in [2.75, 3.05) is 24.3 Å². The van der Waals surface area contributed by atoms with Gasteiger partial charge >= 0.3 is 6.03 Å². The first kappa shape index (κ1) is 17.7. The summed E-state index contributed by atoms with van der Waals surface area (Å²) in [6.45, 7) is 5.05. The SMILES string of the molecule is CCC(C)NC(=O)Nc1ccc(S(=O)(=O)CC2CCOC2)cc1. The number of ether oxygens (including phenoxy) is 1. The zero-order valence-corrected chi connectivity index (χ0v) is 14.4. The summed E-state index contributed by atoms with van der Waals surface area (Å²) in [6.07, 6.45) is 1.63. The number of hydrogen-bond acceptors (Lipinski definition) is 4. The maximum Gasteiger partial charge on any atom is 0.319 e. The summed E-state index contributed by atoms with van der Waals surface area (Å²) < 4.78 is 29.9. The number of carbonyl (C=O) groups is 1. The molecule has 0 bridgehead atoms. The summed E-state index contributed by atoms with van der Waals surface area (Å²) in [7, 11) is -3.32. The largest absolute Gasteiger partial charge is 0.381 e. The second kappa shape index (κ2) is 7.79. The van der Waals surface area contributed by atoms with E-state index in [4.69, 9.17) is 4.74 Å². The van der Waals surface area contributed by atoms with Crippen LogP contribution in [-0.2, 0) is 14.6 Å². The van der Waals surface area contributed by atoms with E-state index in [1.165, 1.54) is 12.1 Å². The maximum absolute atomic E-state index is 12.4. The molecule has 2 atom stereocenters. The predicted octanol–water partition coefficient (Wildman–Crippen LogP) is 2.42. The third-order valence-electron chi connectivity index (χ3n) is 3.94. The maximum atomic E-state index is 12.4. The topological polar surface area (TPSA) is 84.5 Å². The summed E-state index contributed by atoms with van der Waals surface area (Å²) in [4.78, 5) is 12.0. The average Bonchev–Trinajstić information content (AvgIpc) is 2.99. The molecule has 2 unspecified atom stereocenters. The van der Waals surface area contributed by atoms with E-state index in [-0.39, 0.29) is 28.6 Å². The molecule has 0 aliphatic carbocycles. The fourth-order valence-electron chi connectivity index (χ4n) is 2.36. The standard InChI is InChI=1S/C16H24N2O4S/c1-3-12(2)17-16(19)18-14-4-6-15(7-5-14)23(20,21)11-13-8-9-22-10-13/h4-7,12-13H,3,8-11H2,1-2H3,(H2,17,18,19). The van der Waals surface area contributed by atoms with Gasteiger partial charge in [-0.25, -0.2) is 13.2 Å². The van der Waals surface area contributed by atoms with Gasteiger partial charge in [0.05, 0.1) is 17.3 Å². The molecule has 2 N–H and O–H groups in total. The second-order valence-electron chi connectivity index (χ2n) is 5.94. The first-order valence-electron chi connectivity index (χ1n) is 7.89. The number of nitrogens with one attached hydrogen (secondary N) is 2. The van der Waals surface area contributed by atoms with Gasteiger partial charge in [0.1, 0.15) is 0 Å². The van der Waals surface area contributed by atoms with E-state index in [0.717, 1.165) is 12.8 Å². The Morgan fingerprint density at radius 1 is 1.35 bits per heavy atom. The lowest BCUT2D eigenvalue weighted by atomic mass is 10.2. The van der Waals surface area contributed by atoms with Gasteiger partial charge < -0.3 is 15.4 Å². The van der Waals surface area contributed by atoms with E-state index in [9.17, 15) is 13.2 Å². The van der Waals surface area contributed by atoms with E-state index >= 15 is 0 Å². The molecule has 1 aliphatic heterocycles. The van der Waals surface area contributed by atoms with E-state index in [2.05, 4.69) is 10.6 Å². The van der Waals surface area contributed by atoms with Crippen LogP contribution in [0, 0.1) is 5.92 Å². The highest BCUT2D eigenvalue weighted by Crippen LogP contribution is 2.21. The molecule has 1 heterocycles. The van der Waals surface area contributed by atoms with E-state index < -0.39 is 9.84 Å². The van der Waals surface area contributed by atoms with Crippen LogP contribution in [0.5, 0.6) is 0 Å². The van der Waals surface area contributed by atoms with Crippen LogP contribution in [0.1, 0.15) is 26.7 Å². The predicted molar refractivity (Wildman–Crippen MR) is 89.3 cm³/mol. The van der Waals surface area contributed by atoms with E-state index in [1.54, 1.807) is 12.1 Å². The molecule has 6 nitrogen and oxygen atoms in total. The molecule has 1 aliphatic rings. The van der Waals surface area contributed by atoms with Gasteiger partial charge in [0.2, 0.25) is 0 Å². The second-order valence-corrected chi connectivity index (χ2v) is 7.98. The summed E-state index contributed by atoms with van der Waals surface area (Å²) >= 11 is 0. The number of urea groups is 1. The fraction of sp³-hybridized carbons (Fsp3) is 0.562. The third-order valence-corrected chi connectivity index (χ3v) is 5.84. The first-order valence-corrected chi connectivity index (χ1v) is 9.54. The molecule has 1 aromatic carbocycles. The number of benzene rings is 1. The Labute approximate surface area is 137 Å². The number of amides is 2. The minimum atomic E-state index is -3.32. The lowest BCUT2D eigenvalue weighted by Gasteiger charge is -2.13. The summed E-state index contributed by atoms with van der Waals surface area (Å²) in [5, 5.41) is 5.48. The zero-order chi connectivity index (χ0) is 16.9. The van der Waals surface area contributed by atoms with Gasteiger partial charge in [-0.05, 0) is 49.9 Å². The molecule has 7 heteroatoms. The van der Waals surface area contributed by atoms with Crippen LogP contribution in [0.4, 0.5) is 10.5 Å². The van der Waals surface area contributed by atoms with Crippen molar-refractivity contribution in [2.24, 2.45) is 5.92 Å². The molecular weight excluding hydrogens is 316 g/mol. The highest BCUT2D eigenvalue weighted by atomic mass is 32.2. The van der Waals surface area contributed by atoms with Gasteiger partial charge in [-0.1, -0.05) is 6.92 Å².